The third-order valence-corrected chi connectivity index (χ3v) is 5.87. The van der Waals surface area contributed by atoms with E-state index in [0.717, 1.165) is 23.2 Å². The van der Waals surface area contributed by atoms with Crippen LogP contribution in [0.25, 0.3) is 11.0 Å². The summed E-state index contributed by atoms with van der Waals surface area (Å²) in [6, 6.07) is 16.9. The second-order valence-electron chi connectivity index (χ2n) is 7.05. The van der Waals surface area contributed by atoms with Crippen LogP contribution in [-0.2, 0) is 17.0 Å². The molecule has 0 bridgehead atoms. The number of hydrogen-bond acceptors (Lipinski definition) is 4. The van der Waals surface area contributed by atoms with Crippen molar-refractivity contribution in [3.8, 4) is 0 Å². The van der Waals surface area contributed by atoms with E-state index in [2.05, 4.69) is 4.98 Å². The Balaban J connectivity index is 1.70. The number of fused-ring (bicyclic) bond motifs is 1. The van der Waals surface area contributed by atoms with Gasteiger partial charge in [0, 0.05) is 5.75 Å². The van der Waals surface area contributed by atoms with Gasteiger partial charge in [-0.05, 0) is 48.4 Å². The zero-order chi connectivity index (χ0) is 22.7. The average molecular weight is 456 g/mol. The van der Waals surface area contributed by atoms with Crippen LogP contribution < -0.4 is 0 Å². The molecule has 4 rings (SSSR count). The first-order valence-corrected chi connectivity index (χ1v) is 10.9. The Bertz CT molecular complexity index is 1250. The lowest BCUT2D eigenvalue weighted by Gasteiger charge is -2.10. The molecule has 1 aromatic heterocycles. The maximum absolute atomic E-state index is 13.6. The van der Waals surface area contributed by atoms with Crippen LogP contribution in [0.2, 0.25) is 0 Å². The number of carbonyl (C=O) groups excluding carboxylic acids is 1. The summed E-state index contributed by atoms with van der Waals surface area (Å²) in [6.07, 6.45) is 0. The molecule has 0 saturated heterocycles. The number of hydrogen-bond donors (Lipinski definition) is 0. The molecule has 3 aromatic carbocycles. The van der Waals surface area contributed by atoms with Gasteiger partial charge >= 0.3 is 5.97 Å². The number of esters is 1. The van der Waals surface area contributed by atoms with Gasteiger partial charge in [0.15, 0.2) is 22.6 Å². The van der Waals surface area contributed by atoms with E-state index in [1.807, 2.05) is 34.9 Å². The highest BCUT2D eigenvalue weighted by molar-refractivity contribution is 7.98. The van der Waals surface area contributed by atoms with Crippen molar-refractivity contribution in [3.63, 3.8) is 0 Å². The fourth-order valence-corrected chi connectivity index (χ4v) is 4.26. The summed E-state index contributed by atoms with van der Waals surface area (Å²) in [5.41, 5.74) is 3.15. The smallest absolute Gasteiger partial charge is 0.338 e. The predicted octanol–water partition coefficient (Wildman–Crippen LogP) is 5.97. The molecule has 4 aromatic rings. The van der Waals surface area contributed by atoms with Gasteiger partial charge in [0.1, 0.15) is 0 Å². The first kappa shape index (κ1) is 22.0. The molecule has 0 fully saturated rings. The molecule has 0 radical (unpaired) electrons. The summed E-state index contributed by atoms with van der Waals surface area (Å²) in [5.74, 6) is -4.17. The van der Waals surface area contributed by atoms with Gasteiger partial charge in [-0.2, -0.15) is 0 Å². The minimum absolute atomic E-state index is 0.191. The summed E-state index contributed by atoms with van der Waals surface area (Å²) in [6.45, 7) is 2.52. The third-order valence-electron chi connectivity index (χ3n) is 4.82. The fraction of sp³-hybridized carbons (Fsp3) is 0.167. The van der Waals surface area contributed by atoms with E-state index >= 15 is 0 Å². The molecule has 0 aliphatic rings. The van der Waals surface area contributed by atoms with Gasteiger partial charge in [0.05, 0.1) is 29.7 Å². The van der Waals surface area contributed by atoms with E-state index in [1.54, 1.807) is 25.1 Å². The van der Waals surface area contributed by atoms with E-state index in [9.17, 15) is 18.0 Å². The Morgan fingerprint density at radius 3 is 2.41 bits per heavy atom. The van der Waals surface area contributed by atoms with Gasteiger partial charge < -0.3 is 9.30 Å². The lowest BCUT2D eigenvalue weighted by molar-refractivity contribution is 0.0526. The summed E-state index contributed by atoms with van der Waals surface area (Å²) in [5, 5.41) is 0.606. The van der Waals surface area contributed by atoms with E-state index in [-0.39, 0.29) is 12.4 Å². The highest BCUT2D eigenvalue weighted by atomic mass is 32.2. The molecule has 0 amide bonds. The van der Waals surface area contributed by atoms with Crippen LogP contribution in [0.1, 0.15) is 28.4 Å². The predicted molar refractivity (Wildman–Crippen MR) is 117 cm³/mol. The molecule has 0 spiro atoms. The number of ether oxygens (including phenoxy) is 1. The molecule has 0 atom stereocenters. The van der Waals surface area contributed by atoms with Gasteiger partial charge in [-0.25, -0.2) is 22.9 Å². The minimum Gasteiger partial charge on any atom is -0.462 e. The molecule has 0 unspecified atom stereocenters. The first-order valence-electron chi connectivity index (χ1n) is 9.93. The molecular weight excluding hydrogens is 437 g/mol. The Labute approximate surface area is 187 Å². The third kappa shape index (κ3) is 4.65. The number of thioether (sulfide) groups is 1. The number of rotatable bonds is 7. The number of aromatic nitrogens is 2. The van der Waals surface area contributed by atoms with E-state index in [0.29, 0.717) is 28.3 Å². The van der Waals surface area contributed by atoms with Gasteiger partial charge in [-0.3, -0.25) is 0 Å². The van der Waals surface area contributed by atoms with Crippen LogP contribution >= 0.6 is 11.8 Å². The fourth-order valence-electron chi connectivity index (χ4n) is 3.32. The van der Waals surface area contributed by atoms with E-state index in [4.69, 9.17) is 4.74 Å². The Kier molecular flexibility index (Phi) is 6.50. The van der Waals surface area contributed by atoms with Crippen LogP contribution in [0.3, 0.4) is 0 Å². The second-order valence-corrected chi connectivity index (χ2v) is 7.99. The SMILES string of the molecule is CCOC(=O)c1ccc2c(c1)nc(SCc1cc(F)c(F)c(F)c1)n2Cc1ccccc1. The van der Waals surface area contributed by atoms with Crippen molar-refractivity contribution < 1.29 is 22.7 Å². The van der Waals surface area contributed by atoms with Crippen LogP contribution in [0.15, 0.2) is 65.8 Å². The van der Waals surface area contributed by atoms with Crippen LogP contribution in [0, 0.1) is 17.5 Å². The molecule has 4 nitrogen and oxygen atoms in total. The number of nitrogens with zero attached hydrogens (tertiary/aromatic N) is 2. The molecule has 0 aliphatic carbocycles. The molecule has 0 saturated carbocycles. The summed E-state index contributed by atoms with van der Waals surface area (Å²) < 4.78 is 47.5. The van der Waals surface area contributed by atoms with Crippen LogP contribution in [0.5, 0.6) is 0 Å². The van der Waals surface area contributed by atoms with Gasteiger partial charge in [-0.15, -0.1) is 0 Å². The average Bonchev–Trinajstić information content (AvgIpc) is 3.13. The van der Waals surface area contributed by atoms with Gasteiger partial charge in [-0.1, -0.05) is 42.1 Å². The second kappa shape index (κ2) is 9.48. The topological polar surface area (TPSA) is 44.1 Å². The Hall–Kier alpha value is -3.26. The summed E-state index contributed by atoms with van der Waals surface area (Å²) in [4.78, 5) is 16.8. The van der Waals surface area contributed by atoms with Crippen molar-refractivity contribution in [3.05, 3.63) is 94.8 Å². The van der Waals surface area contributed by atoms with Crippen molar-refractivity contribution in [1.82, 2.24) is 9.55 Å². The van der Waals surface area contributed by atoms with Crippen molar-refractivity contribution >= 4 is 28.8 Å². The lowest BCUT2D eigenvalue weighted by Crippen LogP contribution is -2.05. The zero-order valence-electron chi connectivity index (χ0n) is 17.1. The summed E-state index contributed by atoms with van der Waals surface area (Å²) in [7, 11) is 0. The van der Waals surface area contributed by atoms with Crippen LogP contribution in [-0.4, -0.2) is 22.1 Å². The maximum atomic E-state index is 13.6. The molecule has 164 valence electrons. The van der Waals surface area contributed by atoms with Crippen molar-refractivity contribution in [2.45, 2.75) is 24.4 Å². The maximum Gasteiger partial charge on any atom is 0.338 e. The van der Waals surface area contributed by atoms with E-state index < -0.39 is 23.4 Å². The largest absolute Gasteiger partial charge is 0.462 e. The monoisotopic (exact) mass is 456 g/mol. The number of halogens is 3. The van der Waals surface area contributed by atoms with Gasteiger partial charge in [0.2, 0.25) is 0 Å². The lowest BCUT2D eigenvalue weighted by atomic mass is 10.2. The van der Waals surface area contributed by atoms with E-state index in [1.165, 1.54) is 11.8 Å². The number of benzene rings is 3. The number of imidazole rings is 1. The highest BCUT2D eigenvalue weighted by Crippen LogP contribution is 2.29. The Morgan fingerprint density at radius 1 is 1.00 bits per heavy atom. The molecular formula is C24H19F3N2O2S. The highest BCUT2D eigenvalue weighted by Gasteiger charge is 2.16. The van der Waals surface area contributed by atoms with Gasteiger partial charge in [0.25, 0.3) is 0 Å². The quantitative estimate of drug-likeness (QED) is 0.195. The van der Waals surface area contributed by atoms with Crippen molar-refractivity contribution in [2.75, 3.05) is 6.61 Å². The van der Waals surface area contributed by atoms with Crippen molar-refractivity contribution in [1.29, 1.82) is 0 Å². The standard InChI is InChI=1S/C24H19F3N2O2S/c1-2-31-23(30)17-8-9-21-20(12-17)28-24(29(21)13-15-6-4-3-5-7-15)32-14-16-10-18(25)22(27)19(26)11-16/h3-12H,2,13-14H2,1H3. The molecule has 0 N–H and O–H groups in total. The van der Waals surface area contributed by atoms with Crippen LogP contribution in [0.4, 0.5) is 13.2 Å². The molecule has 0 aliphatic heterocycles. The number of carbonyl (C=O) groups is 1. The first-order chi connectivity index (χ1) is 15.5. The molecule has 8 heteroatoms. The Morgan fingerprint density at radius 2 is 1.72 bits per heavy atom. The zero-order valence-corrected chi connectivity index (χ0v) is 18.0. The normalized spacial score (nSPS) is 11.1. The van der Waals surface area contributed by atoms with Crippen molar-refractivity contribution in [2.24, 2.45) is 0 Å². The molecule has 1 heterocycles. The summed E-state index contributed by atoms with van der Waals surface area (Å²) >= 11 is 1.27. The molecule has 32 heavy (non-hydrogen) atoms. The minimum atomic E-state index is -1.48.